The molecule has 0 radical (unpaired) electrons. The molecule has 0 amide bonds. The topological polar surface area (TPSA) is 52.2 Å². The number of rotatable bonds is 4. The fourth-order valence-corrected chi connectivity index (χ4v) is 3.53. The van der Waals surface area contributed by atoms with E-state index >= 15 is 0 Å². The zero-order valence-corrected chi connectivity index (χ0v) is 15.2. The van der Waals surface area contributed by atoms with Crippen molar-refractivity contribution >= 4 is 5.91 Å². The SMILES string of the molecule is Cc1nn(C(F)F)c(C)c1CC(=O)n1ccccc1=NC1CCCCC1. The molecule has 1 aliphatic carbocycles. The third kappa shape index (κ3) is 3.92. The van der Waals surface area contributed by atoms with Crippen molar-refractivity contribution in [3.05, 3.63) is 46.8 Å². The number of hydrogen-bond donors (Lipinski definition) is 0. The van der Waals surface area contributed by atoms with E-state index in [-0.39, 0.29) is 18.4 Å². The lowest BCUT2D eigenvalue weighted by Crippen LogP contribution is -2.30. The summed E-state index contributed by atoms with van der Waals surface area (Å²) in [4.78, 5) is 17.6. The highest BCUT2D eigenvalue weighted by atomic mass is 19.3. The van der Waals surface area contributed by atoms with E-state index in [1.165, 1.54) is 23.8 Å². The molecule has 0 bridgehead atoms. The minimum atomic E-state index is -2.71. The molecule has 3 rings (SSSR count). The van der Waals surface area contributed by atoms with Crippen LogP contribution in [0, 0.1) is 13.8 Å². The normalized spacial score (nSPS) is 16.4. The number of aryl methyl sites for hydroxylation is 1. The first-order chi connectivity index (χ1) is 12.5. The number of carbonyl (C=O) groups is 1. The van der Waals surface area contributed by atoms with E-state index in [1.54, 1.807) is 26.1 Å². The summed E-state index contributed by atoms with van der Waals surface area (Å²) in [6.45, 7) is 0.508. The zero-order valence-electron chi connectivity index (χ0n) is 15.2. The maximum absolute atomic E-state index is 13.0. The van der Waals surface area contributed by atoms with E-state index < -0.39 is 6.55 Å². The lowest BCUT2D eigenvalue weighted by atomic mass is 9.96. The Morgan fingerprint density at radius 1 is 1.27 bits per heavy atom. The van der Waals surface area contributed by atoms with Crippen LogP contribution in [0.15, 0.2) is 29.4 Å². The number of carbonyl (C=O) groups excluding carboxylic acids is 1. The lowest BCUT2D eigenvalue weighted by molar-refractivity contribution is 0.0539. The number of nitrogens with zero attached hydrogens (tertiary/aromatic N) is 4. The minimum absolute atomic E-state index is 0.0201. The highest BCUT2D eigenvalue weighted by molar-refractivity contribution is 5.81. The van der Waals surface area contributed by atoms with E-state index in [9.17, 15) is 13.6 Å². The molecule has 0 aromatic carbocycles. The van der Waals surface area contributed by atoms with Gasteiger partial charge >= 0.3 is 6.55 Å². The first kappa shape index (κ1) is 18.5. The van der Waals surface area contributed by atoms with E-state index in [1.807, 2.05) is 12.1 Å². The summed E-state index contributed by atoms with van der Waals surface area (Å²) in [5.74, 6) is -0.194. The first-order valence-electron chi connectivity index (χ1n) is 9.05. The molecule has 2 aromatic heterocycles. The highest BCUT2D eigenvalue weighted by Crippen LogP contribution is 2.21. The van der Waals surface area contributed by atoms with Crippen LogP contribution in [0.3, 0.4) is 0 Å². The fraction of sp³-hybridized carbons (Fsp3) is 0.526. The van der Waals surface area contributed by atoms with Crippen LogP contribution in [0.1, 0.15) is 60.4 Å². The molecule has 1 saturated carbocycles. The molecule has 0 spiro atoms. The van der Waals surface area contributed by atoms with Gasteiger partial charge in [-0.05, 0) is 38.8 Å². The molecule has 0 N–H and O–H groups in total. The third-order valence-corrected chi connectivity index (χ3v) is 4.98. The molecule has 2 heterocycles. The smallest absolute Gasteiger partial charge is 0.274 e. The van der Waals surface area contributed by atoms with Gasteiger partial charge in [0.25, 0.3) is 0 Å². The molecule has 0 unspecified atom stereocenters. The van der Waals surface area contributed by atoms with Gasteiger partial charge in [0, 0.05) is 17.5 Å². The maximum atomic E-state index is 13.0. The van der Waals surface area contributed by atoms with Gasteiger partial charge in [0.1, 0.15) is 5.49 Å². The summed E-state index contributed by atoms with van der Waals surface area (Å²) in [5.41, 5.74) is 1.96. The van der Waals surface area contributed by atoms with Gasteiger partial charge in [0.15, 0.2) is 0 Å². The number of alkyl halides is 2. The van der Waals surface area contributed by atoms with Gasteiger partial charge in [-0.3, -0.25) is 14.4 Å². The van der Waals surface area contributed by atoms with Crippen LogP contribution in [0.25, 0.3) is 0 Å². The van der Waals surface area contributed by atoms with Crippen molar-refractivity contribution in [1.29, 1.82) is 0 Å². The quantitative estimate of drug-likeness (QED) is 0.830. The molecule has 0 saturated heterocycles. The van der Waals surface area contributed by atoms with Gasteiger partial charge in [-0.25, -0.2) is 4.68 Å². The van der Waals surface area contributed by atoms with Gasteiger partial charge in [-0.15, -0.1) is 0 Å². The predicted octanol–water partition coefficient (Wildman–Crippen LogP) is 3.81. The minimum Gasteiger partial charge on any atom is -0.274 e. The van der Waals surface area contributed by atoms with Crippen LogP contribution < -0.4 is 5.49 Å². The van der Waals surface area contributed by atoms with Gasteiger partial charge < -0.3 is 0 Å². The van der Waals surface area contributed by atoms with Crippen molar-refractivity contribution in [1.82, 2.24) is 14.3 Å². The summed E-state index contributed by atoms with van der Waals surface area (Å²) in [6.07, 6.45) is 7.37. The standard InChI is InChI=1S/C19H24F2N4O/c1-13-16(14(2)25(23-13)19(20)21)12-18(26)24-11-7-6-10-17(24)22-15-8-4-3-5-9-15/h6-7,10-11,15,19H,3-5,8-9,12H2,1-2H3. The number of pyridine rings is 1. The van der Waals surface area contributed by atoms with Crippen LogP contribution in [-0.4, -0.2) is 26.3 Å². The Morgan fingerprint density at radius 3 is 2.65 bits per heavy atom. The second-order valence-corrected chi connectivity index (χ2v) is 6.79. The van der Waals surface area contributed by atoms with Crippen LogP contribution in [0.5, 0.6) is 0 Å². The first-order valence-corrected chi connectivity index (χ1v) is 9.05. The molecule has 26 heavy (non-hydrogen) atoms. The summed E-state index contributed by atoms with van der Waals surface area (Å²) < 4.78 is 28.2. The van der Waals surface area contributed by atoms with Crippen molar-refractivity contribution in [3.8, 4) is 0 Å². The third-order valence-electron chi connectivity index (χ3n) is 4.98. The molecule has 5 nitrogen and oxygen atoms in total. The summed E-state index contributed by atoms with van der Waals surface area (Å²) in [5, 5.41) is 3.85. The predicted molar refractivity (Wildman–Crippen MR) is 94.2 cm³/mol. The van der Waals surface area contributed by atoms with Crippen LogP contribution in [-0.2, 0) is 6.42 Å². The fourth-order valence-electron chi connectivity index (χ4n) is 3.53. The Labute approximate surface area is 151 Å². The lowest BCUT2D eigenvalue weighted by Gasteiger charge is -2.17. The zero-order chi connectivity index (χ0) is 18.7. The average Bonchev–Trinajstić information content (AvgIpc) is 2.91. The van der Waals surface area contributed by atoms with Crippen LogP contribution in [0.4, 0.5) is 8.78 Å². The molecule has 1 aliphatic rings. The molecule has 0 aliphatic heterocycles. The Balaban J connectivity index is 1.89. The van der Waals surface area contributed by atoms with Crippen molar-refractivity contribution in [2.75, 3.05) is 0 Å². The van der Waals surface area contributed by atoms with Crippen molar-refractivity contribution in [2.24, 2.45) is 4.99 Å². The molecular weight excluding hydrogens is 338 g/mol. The Kier molecular flexibility index (Phi) is 5.64. The number of halogens is 2. The Hall–Kier alpha value is -2.31. The van der Waals surface area contributed by atoms with Crippen LogP contribution >= 0.6 is 0 Å². The Morgan fingerprint density at radius 2 is 2.00 bits per heavy atom. The number of aromatic nitrogens is 3. The van der Waals surface area contributed by atoms with Gasteiger partial charge in [-0.2, -0.15) is 13.9 Å². The van der Waals surface area contributed by atoms with E-state index in [0.29, 0.717) is 27.1 Å². The molecule has 7 heteroatoms. The maximum Gasteiger partial charge on any atom is 0.333 e. The van der Waals surface area contributed by atoms with E-state index in [0.717, 1.165) is 12.8 Å². The van der Waals surface area contributed by atoms with E-state index in [2.05, 4.69) is 5.10 Å². The molecule has 2 aromatic rings. The van der Waals surface area contributed by atoms with Gasteiger partial charge in [0.2, 0.25) is 5.91 Å². The summed E-state index contributed by atoms with van der Waals surface area (Å²) >= 11 is 0. The second kappa shape index (κ2) is 7.93. The van der Waals surface area contributed by atoms with Crippen molar-refractivity contribution in [2.45, 2.75) is 65.0 Å². The average molecular weight is 362 g/mol. The summed E-state index contributed by atoms with van der Waals surface area (Å²) in [7, 11) is 0. The second-order valence-electron chi connectivity index (χ2n) is 6.79. The van der Waals surface area contributed by atoms with Gasteiger partial charge in [0.05, 0.1) is 18.2 Å². The molecule has 0 atom stereocenters. The monoisotopic (exact) mass is 362 g/mol. The van der Waals surface area contributed by atoms with Crippen LogP contribution in [0.2, 0.25) is 0 Å². The number of hydrogen-bond acceptors (Lipinski definition) is 3. The molecule has 1 fully saturated rings. The van der Waals surface area contributed by atoms with Crippen molar-refractivity contribution < 1.29 is 13.6 Å². The summed E-state index contributed by atoms with van der Waals surface area (Å²) in [6, 6.07) is 5.71. The van der Waals surface area contributed by atoms with Gasteiger partial charge in [-0.1, -0.05) is 25.3 Å². The van der Waals surface area contributed by atoms with E-state index in [4.69, 9.17) is 4.99 Å². The van der Waals surface area contributed by atoms with Crippen molar-refractivity contribution in [3.63, 3.8) is 0 Å². The molecular formula is C19H24F2N4O. The highest BCUT2D eigenvalue weighted by Gasteiger charge is 2.20. The Bertz CT molecular complexity index is 847. The largest absolute Gasteiger partial charge is 0.333 e. The molecule has 140 valence electrons.